The molecule has 38 heavy (non-hydrogen) atoms. The van der Waals surface area contributed by atoms with Crippen LogP contribution in [0, 0.1) is 17.3 Å². The summed E-state index contributed by atoms with van der Waals surface area (Å²) in [6, 6.07) is 9.37. The number of benzene rings is 2. The Kier molecular flexibility index (Phi) is 10.5. The molecule has 204 valence electrons. The summed E-state index contributed by atoms with van der Waals surface area (Å²) in [7, 11) is -4.22. The number of carbonyl (C=O) groups excluding carboxylic acids is 1. The van der Waals surface area contributed by atoms with E-state index in [2.05, 4.69) is 9.71 Å². The summed E-state index contributed by atoms with van der Waals surface area (Å²) in [5, 5.41) is 19.9. The molecule has 3 rings (SSSR count). The molecule has 2 aromatic carbocycles. The van der Waals surface area contributed by atoms with E-state index < -0.39 is 27.8 Å². The van der Waals surface area contributed by atoms with Crippen molar-refractivity contribution >= 4 is 21.9 Å². The SMILES string of the molecule is N#C/N=C(\N1CCOCC1)N(O)C(=O)[C@@H](CCCCN)NS(=O)(=O)c1ccc(Oc2ccc(F)cc2)cc1. The van der Waals surface area contributed by atoms with Crippen molar-refractivity contribution in [1.82, 2.24) is 14.7 Å². The summed E-state index contributed by atoms with van der Waals surface area (Å²) in [4.78, 5) is 18.1. The quantitative estimate of drug-likeness (QED) is 0.1000. The molecule has 1 aliphatic rings. The number of aliphatic imine (C=N–C) groups is 1. The zero-order valence-electron chi connectivity index (χ0n) is 20.5. The number of morpholine rings is 1. The van der Waals surface area contributed by atoms with Crippen LogP contribution in [0.3, 0.4) is 0 Å². The van der Waals surface area contributed by atoms with Gasteiger partial charge in [-0.1, -0.05) is 6.42 Å². The van der Waals surface area contributed by atoms with Crippen LogP contribution in [0.2, 0.25) is 0 Å². The fourth-order valence-corrected chi connectivity index (χ4v) is 4.84. The van der Waals surface area contributed by atoms with Crippen molar-refractivity contribution in [2.45, 2.75) is 30.2 Å². The minimum atomic E-state index is -4.22. The lowest BCUT2D eigenvalue weighted by atomic mass is 10.1. The Labute approximate surface area is 220 Å². The second-order valence-electron chi connectivity index (χ2n) is 8.25. The van der Waals surface area contributed by atoms with E-state index >= 15 is 0 Å². The predicted molar refractivity (Wildman–Crippen MR) is 134 cm³/mol. The normalized spacial score (nSPS) is 15.0. The van der Waals surface area contributed by atoms with Crippen LogP contribution >= 0.6 is 0 Å². The molecule has 12 nitrogen and oxygen atoms in total. The number of sulfonamides is 1. The largest absolute Gasteiger partial charge is 0.457 e. The average Bonchev–Trinajstić information content (AvgIpc) is 2.92. The van der Waals surface area contributed by atoms with Crippen LogP contribution < -0.4 is 15.2 Å². The first-order valence-electron chi connectivity index (χ1n) is 11.8. The van der Waals surface area contributed by atoms with Crippen LogP contribution in [0.1, 0.15) is 19.3 Å². The molecule has 1 aliphatic heterocycles. The fourth-order valence-electron chi connectivity index (χ4n) is 3.61. The van der Waals surface area contributed by atoms with Crippen molar-refractivity contribution in [3.8, 4) is 17.7 Å². The van der Waals surface area contributed by atoms with Crippen molar-refractivity contribution in [3.63, 3.8) is 0 Å². The van der Waals surface area contributed by atoms with Crippen LogP contribution in [-0.2, 0) is 19.6 Å². The van der Waals surface area contributed by atoms with E-state index in [9.17, 15) is 22.8 Å². The maximum absolute atomic E-state index is 13.2. The number of nitrogens with zero attached hydrogens (tertiary/aromatic N) is 4. The number of unbranched alkanes of at least 4 members (excludes halogenated alkanes) is 1. The summed E-state index contributed by atoms with van der Waals surface area (Å²) in [6.07, 6.45) is 2.52. The van der Waals surface area contributed by atoms with Gasteiger partial charge >= 0.3 is 0 Å². The average molecular weight is 549 g/mol. The van der Waals surface area contributed by atoms with Gasteiger partial charge in [0.25, 0.3) is 5.91 Å². The van der Waals surface area contributed by atoms with Crippen LogP contribution in [0.15, 0.2) is 58.4 Å². The highest BCUT2D eigenvalue weighted by atomic mass is 32.2. The number of amides is 1. The molecule has 4 N–H and O–H groups in total. The van der Waals surface area contributed by atoms with E-state index in [1.807, 2.05) is 0 Å². The number of hydrogen-bond donors (Lipinski definition) is 3. The van der Waals surface area contributed by atoms with Gasteiger partial charge in [-0.2, -0.15) is 15.0 Å². The molecule has 0 aromatic heterocycles. The van der Waals surface area contributed by atoms with E-state index in [-0.39, 0.29) is 35.4 Å². The van der Waals surface area contributed by atoms with Gasteiger partial charge < -0.3 is 20.1 Å². The third-order valence-electron chi connectivity index (χ3n) is 5.57. The minimum Gasteiger partial charge on any atom is -0.457 e. The van der Waals surface area contributed by atoms with E-state index in [1.165, 1.54) is 53.4 Å². The number of nitrogens with one attached hydrogen (secondary N) is 1. The van der Waals surface area contributed by atoms with Crippen LogP contribution in [0.5, 0.6) is 11.5 Å². The smallest absolute Gasteiger partial charge is 0.271 e. The fraction of sp³-hybridized carbons (Fsp3) is 0.375. The molecular weight excluding hydrogens is 519 g/mol. The van der Waals surface area contributed by atoms with Crippen molar-refractivity contribution in [2.24, 2.45) is 10.7 Å². The summed E-state index contributed by atoms with van der Waals surface area (Å²) in [5.41, 5.74) is 5.54. The molecule has 1 fully saturated rings. The van der Waals surface area contributed by atoms with E-state index in [0.29, 0.717) is 44.1 Å². The van der Waals surface area contributed by atoms with Crippen molar-refractivity contribution in [3.05, 3.63) is 54.3 Å². The molecule has 0 radical (unpaired) electrons. The molecule has 0 aliphatic carbocycles. The number of rotatable bonds is 10. The third kappa shape index (κ3) is 7.94. The highest BCUT2D eigenvalue weighted by Gasteiger charge is 2.33. The Morgan fingerprint density at radius 3 is 2.37 bits per heavy atom. The van der Waals surface area contributed by atoms with Gasteiger partial charge in [0.1, 0.15) is 23.4 Å². The minimum absolute atomic E-state index is 0.0427. The Balaban J connectivity index is 1.77. The summed E-state index contributed by atoms with van der Waals surface area (Å²) >= 11 is 0. The summed E-state index contributed by atoms with van der Waals surface area (Å²) in [6.45, 7) is 1.50. The van der Waals surface area contributed by atoms with Gasteiger partial charge in [-0.3, -0.25) is 10.0 Å². The standard InChI is InChI=1S/C24H29FN6O6S/c25-18-4-6-19(7-5-18)37-20-8-10-21(11-9-20)38(34,35)29-22(3-1-2-12-26)23(32)31(33)24(28-17-27)30-13-15-36-16-14-30/h4-11,22,29,33H,1-3,12-16,26H2/b28-24+/t22-/m1/s1. The summed E-state index contributed by atoms with van der Waals surface area (Å²) in [5.74, 6) is -1.05. The lowest BCUT2D eigenvalue weighted by Crippen LogP contribution is -2.55. The number of nitrogens with two attached hydrogens (primary N) is 1. The van der Waals surface area contributed by atoms with E-state index in [0.717, 1.165) is 0 Å². The Bertz CT molecular complexity index is 1240. The molecule has 0 saturated carbocycles. The molecule has 0 spiro atoms. The monoisotopic (exact) mass is 548 g/mol. The van der Waals surface area contributed by atoms with Gasteiger partial charge in [0.2, 0.25) is 22.2 Å². The molecule has 14 heteroatoms. The number of hydroxylamine groups is 2. The molecule has 0 unspecified atom stereocenters. The number of ether oxygens (including phenoxy) is 2. The highest BCUT2D eigenvalue weighted by molar-refractivity contribution is 7.89. The Morgan fingerprint density at radius 2 is 1.79 bits per heavy atom. The molecular formula is C24H29FN6O6S. The molecule has 1 amide bonds. The van der Waals surface area contributed by atoms with E-state index in [1.54, 1.807) is 6.19 Å². The third-order valence-corrected chi connectivity index (χ3v) is 7.06. The molecule has 1 saturated heterocycles. The zero-order chi connectivity index (χ0) is 27.5. The molecule has 1 atom stereocenters. The van der Waals surface area contributed by atoms with Gasteiger partial charge in [-0.15, -0.1) is 4.99 Å². The lowest BCUT2D eigenvalue weighted by Gasteiger charge is -2.32. The Hall–Kier alpha value is -3.61. The maximum Gasteiger partial charge on any atom is 0.271 e. The van der Waals surface area contributed by atoms with Crippen LogP contribution in [0.4, 0.5) is 4.39 Å². The number of hydrogen-bond acceptors (Lipinski definition) is 9. The van der Waals surface area contributed by atoms with Gasteiger partial charge in [0.05, 0.1) is 18.1 Å². The van der Waals surface area contributed by atoms with Gasteiger partial charge in [0.15, 0.2) is 0 Å². The van der Waals surface area contributed by atoms with Crippen LogP contribution in [-0.4, -0.2) is 74.3 Å². The van der Waals surface area contributed by atoms with Gasteiger partial charge in [-0.25, -0.2) is 12.8 Å². The lowest BCUT2D eigenvalue weighted by molar-refractivity contribution is -0.153. The number of carbonyl (C=O) groups is 1. The Morgan fingerprint density at radius 1 is 1.18 bits per heavy atom. The zero-order valence-corrected chi connectivity index (χ0v) is 21.3. The van der Waals surface area contributed by atoms with Crippen molar-refractivity contribution in [2.75, 3.05) is 32.8 Å². The molecule has 2 aromatic rings. The topological polar surface area (TPSA) is 171 Å². The maximum atomic E-state index is 13.2. The first-order valence-corrected chi connectivity index (χ1v) is 13.3. The summed E-state index contributed by atoms with van der Waals surface area (Å²) < 4.78 is 52.5. The first kappa shape index (κ1) is 29.0. The first-order chi connectivity index (χ1) is 18.2. The van der Waals surface area contributed by atoms with Crippen molar-refractivity contribution in [1.29, 1.82) is 5.26 Å². The van der Waals surface area contributed by atoms with Crippen molar-refractivity contribution < 1.29 is 32.3 Å². The van der Waals surface area contributed by atoms with Gasteiger partial charge in [-0.05, 0) is 67.9 Å². The number of halogens is 1. The second kappa shape index (κ2) is 13.8. The highest BCUT2D eigenvalue weighted by Crippen LogP contribution is 2.23. The van der Waals surface area contributed by atoms with E-state index in [4.69, 9.17) is 20.5 Å². The number of nitriles is 1. The molecule has 0 bridgehead atoms. The number of guanidine groups is 1. The molecule has 1 heterocycles. The van der Waals surface area contributed by atoms with Crippen LogP contribution in [0.25, 0.3) is 0 Å². The second-order valence-corrected chi connectivity index (χ2v) is 9.96. The van der Waals surface area contributed by atoms with Gasteiger partial charge in [0, 0.05) is 13.1 Å². The predicted octanol–water partition coefficient (Wildman–Crippen LogP) is 1.78.